The minimum Gasteiger partial charge on any atom is -0.472 e. The molecular weight excluding hydrogens is 264 g/mol. The zero-order chi connectivity index (χ0) is 14.7. The molecule has 2 aliphatic rings. The Balaban J connectivity index is 1.55. The lowest BCUT2D eigenvalue weighted by molar-refractivity contribution is -0.135. The van der Waals surface area contributed by atoms with Gasteiger partial charge in [0.05, 0.1) is 6.54 Å². The topological polar surface area (TPSA) is 42.4 Å². The second-order valence-corrected chi connectivity index (χ2v) is 5.91. The Hall–Kier alpha value is -1.84. The summed E-state index contributed by atoms with van der Waals surface area (Å²) in [7, 11) is 0. The van der Waals surface area contributed by atoms with Crippen LogP contribution in [0.1, 0.15) is 31.4 Å². The molecule has 1 aliphatic carbocycles. The van der Waals surface area contributed by atoms with Crippen LogP contribution in [0, 0.1) is 12.8 Å². The van der Waals surface area contributed by atoms with Crippen molar-refractivity contribution in [3.8, 4) is 5.88 Å². The molecule has 0 saturated carbocycles. The van der Waals surface area contributed by atoms with Crippen LogP contribution in [0.4, 0.5) is 0 Å². The number of nitrogens with zero attached hydrogens (tertiary/aromatic N) is 2. The molecule has 1 saturated heterocycles. The van der Waals surface area contributed by atoms with Crippen LogP contribution in [0.2, 0.25) is 0 Å². The maximum Gasteiger partial charge on any atom is 0.226 e. The highest BCUT2D eigenvalue weighted by molar-refractivity contribution is 5.79. The van der Waals surface area contributed by atoms with E-state index in [4.69, 9.17) is 4.74 Å². The van der Waals surface area contributed by atoms with Gasteiger partial charge in [0.2, 0.25) is 11.8 Å². The molecule has 0 radical (unpaired) electrons. The van der Waals surface area contributed by atoms with Crippen LogP contribution in [0.25, 0.3) is 0 Å². The average Bonchev–Trinajstić information content (AvgIpc) is 2.96. The van der Waals surface area contributed by atoms with Gasteiger partial charge < -0.3 is 9.64 Å². The molecule has 1 aliphatic heterocycles. The first-order valence-corrected chi connectivity index (χ1v) is 7.76. The third-order valence-electron chi connectivity index (χ3n) is 4.23. The van der Waals surface area contributed by atoms with Crippen LogP contribution < -0.4 is 4.74 Å². The molecular formula is C17H22N2O2. The van der Waals surface area contributed by atoms with E-state index in [9.17, 15) is 4.79 Å². The van der Waals surface area contributed by atoms with Gasteiger partial charge in [-0.25, -0.2) is 4.98 Å². The Bertz CT molecular complexity index is 541. The van der Waals surface area contributed by atoms with Crippen molar-refractivity contribution in [1.82, 2.24) is 9.88 Å². The third kappa shape index (κ3) is 3.43. The Labute approximate surface area is 125 Å². The van der Waals surface area contributed by atoms with Gasteiger partial charge in [-0.15, -0.1) is 0 Å². The van der Waals surface area contributed by atoms with Crippen molar-refractivity contribution < 1.29 is 9.53 Å². The zero-order valence-corrected chi connectivity index (χ0v) is 12.5. The van der Waals surface area contributed by atoms with Gasteiger partial charge in [0.25, 0.3) is 0 Å². The molecule has 21 heavy (non-hydrogen) atoms. The molecule has 4 nitrogen and oxygen atoms in total. The molecule has 112 valence electrons. The van der Waals surface area contributed by atoms with Gasteiger partial charge in [-0.2, -0.15) is 0 Å². The van der Waals surface area contributed by atoms with Gasteiger partial charge in [-0.1, -0.05) is 18.2 Å². The summed E-state index contributed by atoms with van der Waals surface area (Å²) in [5.41, 5.74) is 0.951. The van der Waals surface area contributed by atoms with Crippen molar-refractivity contribution >= 4 is 5.91 Å². The number of hydrogen-bond donors (Lipinski definition) is 0. The number of carbonyl (C=O) groups excluding carboxylic acids is 1. The van der Waals surface area contributed by atoms with Crippen LogP contribution in [0.5, 0.6) is 5.88 Å². The summed E-state index contributed by atoms with van der Waals surface area (Å²) in [5.74, 6) is 1.13. The van der Waals surface area contributed by atoms with Crippen molar-refractivity contribution in [3.05, 3.63) is 36.0 Å². The first-order valence-electron chi connectivity index (χ1n) is 7.76. The van der Waals surface area contributed by atoms with Crippen LogP contribution in [0.15, 0.2) is 30.4 Å². The van der Waals surface area contributed by atoms with Crippen molar-refractivity contribution in [3.63, 3.8) is 0 Å². The quantitative estimate of drug-likeness (QED) is 0.802. The monoisotopic (exact) mass is 286 g/mol. The molecule has 3 rings (SSSR count). The van der Waals surface area contributed by atoms with E-state index in [2.05, 4.69) is 17.1 Å². The van der Waals surface area contributed by atoms with E-state index in [1.807, 2.05) is 30.0 Å². The van der Waals surface area contributed by atoms with Gasteiger partial charge in [0.15, 0.2) is 0 Å². The number of carbonyl (C=O) groups is 1. The predicted octanol–water partition coefficient (Wildman–Crippen LogP) is 2.73. The highest BCUT2D eigenvalue weighted by atomic mass is 16.5. The molecule has 1 fully saturated rings. The van der Waals surface area contributed by atoms with E-state index in [1.54, 1.807) is 0 Å². The summed E-state index contributed by atoms with van der Waals surface area (Å²) in [6.07, 6.45) is 8.16. The van der Waals surface area contributed by atoms with Gasteiger partial charge in [0.1, 0.15) is 6.10 Å². The molecule has 1 aromatic heterocycles. The lowest BCUT2D eigenvalue weighted by Crippen LogP contribution is -2.36. The number of likely N-dealkylation sites (tertiary alicyclic amines) is 1. The number of hydrogen-bond acceptors (Lipinski definition) is 3. The first-order chi connectivity index (χ1) is 10.2. The fraction of sp³-hybridized carbons (Fsp3) is 0.529. The van der Waals surface area contributed by atoms with E-state index in [0.29, 0.717) is 18.3 Å². The second-order valence-electron chi connectivity index (χ2n) is 5.91. The largest absolute Gasteiger partial charge is 0.472 e. The fourth-order valence-electron chi connectivity index (χ4n) is 3.06. The molecule has 0 bridgehead atoms. The summed E-state index contributed by atoms with van der Waals surface area (Å²) in [6.45, 7) is 3.44. The number of allylic oxidation sites excluding steroid dienone is 2. The standard InChI is InChI=1S/C17H22N2O2/c1-13-6-5-9-16(18-13)21-15-10-11-19(12-15)17(20)14-7-3-2-4-8-14/h2-3,5-6,9,14-15H,4,7-8,10-12H2,1H3. The Morgan fingerprint density at radius 1 is 1.33 bits per heavy atom. The smallest absolute Gasteiger partial charge is 0.226 e. The van der Waals surface area contributed by atoms with Gasteiger partial charge in [-0.05, 0) is 32.3 Å². The first kappa shape index (κ1) is 14.1. The van der Waals surface area contributed by atoms with Crippen molar-refractivity contribution in [2.45, 2.75) is 38.7 Å². The summed E-state index contributed by atoms with van der Waals surface area (Å²) in [5, 5.41) is 0. The van der Waals surface area contributed by atoms with E-state index in [1.165, 1.54) is 0 Å². The lowest BCUT2D eigenvalue weighted by atomic mass is 9.93. The number of aryl methyl sites for hydroxylation is 1. The normalized spacial score (nSPS) is 25.1. The SMILES string of the molecule is Cc1cccc(OC2CCN(C(=O)C3CC=CCC3)C2)n1. The molecule has 0 N–H and O–H groups in total. The Morgan fingerprint density at radius 3 is 3.00 bits per heavy atom. The summed E-state index contributed by atoms with van der Waals surface area (Å²) >= 11 is 0. The Morgan fingerprint density at radius 2 is 2.24 bits per heavy atom. The molecule has 0 spiro atoms. The highest BCUT2D eigenvalue weighted by Gasteiger charge is 2.31. The number of ether oxygens (including phenoxy) is 1. The van der Waals surface area contributed by atoms with Gasteiger partial charge in [-0.3, -0.25) is 4.79 Å². The molecule has 1 amide bonds. The fourth-order valence-corrected chi connectivity index (χ4v) is 3.06. The maximum atomic E-state index is 12.5. The predicted molar refractivity (Wildman–Crippen MR) is 81.1 cm³/mol. The van der Waals surface area contributed by atoms with Crippen LogP contribution in [0.3, 0.4) is 0 Å². The van der Waals surface area contributed by atoms with Crippen LogP contribution in [-0.4, -0.2) is 35.0 Å². The minimum absolute atomic E-state index is 0.0717. The molecule has 0 aromatic carbocycles. The molecule has 2 atom stereocenters. The number of rotatable bonds is 3. The Kier molecular flexibility index (Phi) is 4.23. The summed E-state index contributed by atoms with van der Waals surface area (Å²) in [4.78, 5) is 18.8. The van der Waals surface area contributed by atoms with Crippen molar-refractivity contribution in [2.75, 3.05) is 13.1 Å². The molecule has 2 unspecified atom stereocenters. The van der Waals surface area contributed by atoms with Crippen LogP contribution >= 0.6 is 0 Å². The maximum absolute atomic E-state index is 12.5. The summed E-state index contributed by atoms with van der Waals surface area (Å²) in [6, 6.07) is 5.78. The van der Waals surface area contributed by atoms with E-state index < -0.39 is 0 Å². The van der Waals surface area contributed by atoms with E-state index in [0.717, 1.165) is 37.9 Å². The van der Waals surface area contributed by atoms with Crippen LogP contribution in [-0.2, 0) is 4.79 Å². The molecule has 4 heteroatoms. The number of aromatic nitrogens is 1. The number of pyridine rings is 1. The van der Waals surface area contributed by atoms with Gasteiger partial charge >= 0.3 is 0 Å². The van der Waals surface area contributed by atoms with Crippen molar-refractivity contribution in [1.29, 1.82) is 0 Å². The lowest BCUT2D eigenvalue weighted by Gasteiger charge is -2.24. The van der Waals surface area contributed by atoms with Crippen molar-refractivity contribution in [2.24, 2.45) is 5.92 Å². The summed E-state index contributed by atoms with van der Waals surface area (Å²) < 4.78 is 5.90. The molecule has 1 aromatic rings. The zero-order valence-electron chi connectivity index (χ0n) is 12.5. The highest BCUT2D eigenvalue weighted by Crippen LogP contribution is 2.24. The molecule has 2 heterocycles. The average molecular weight is 286 g/mol. The third-order valence-corrected chi connectivity index (χ3v) is 4.23. The van der Waals surface area contributed by atoms with E-state index in [-0.39, 0.29) is 12.0 Å². The van der Waals surface area contributed by atoms with Gasteiger partial charge in [0, 0.05) is 30.6 Å². The number of amides is 1. The minimum atomic E-state index is 0.0717. The second kappa shape index (κ2) is 6.29. The van der Waals surface area contributed by atoms with E-state index >= 15 is 0 Å².